The van der Waals surface area contributed by atoms with Crippen molar-refractivity contribution >= 4 is 27.8 Å². The second-order valence-corrected chi connectivity index (χ2v) is 5.98. The Bertz CT molecular complexity index is 454. The van der Waals surface area contributed by atoms with E-state index in [1.807, 2.05) is 38.1 Å². The van der Waals surface area contributed by atoms with Gasteiger partial charge in [0, 0.05) is 22.9 Å². The fraction of sp³-hybridized carbons (Fsp3) is 0.429. The molecule has 104 valence electrons. The predicted molar refractivity (Wildman–Crippen MR) is 77.0 cm³/mol. The molecule has 1 aromatic rings. The third kappa shape index (κ3) is 5.42. The van der Waals surface area contributed by atoms with Crippen molar-refractivity contribution in [1.82, 2.24) is 5.32 Å². The van der Waals surface area contributed by atoms with Gasteiger partial charge in [-0.05, 0) is 17.7 Å². The Hall–Kier alpha value is -1.36. The summed E-state index contributed by atoms with van der Waals surface area (Å²) in [5.74, 6) is -1.19. The topological polar surface area (TPSA) is 66.4 Å². The Morgan fingerprint density at radius 1 is 1.21 bits per heavy atom. The standard InChI is InChI=1S/C14H18BrNO3/c1-14(2,10-3-5-11(15)6-4-10)9-16-12(17)7-8-13(18)19/h3-6H,7-9H2,1-2H3,(H,16,17)(H,18,19). The van der Waals surface area contributed by atoms with Crippen LogP contribution in [0.4, 0.5) is 0 Å². The number of rotatable bonds is 6. The molecule has 0 aliphatic rings. The van der Waals surface area contributed by atoms with Crippen molar-refractivity contribution in [3.05, 3.63) is 34.3 Å². The van der Waals surface area contributed by atoms with Crippen LogP contribution in [0.5, 0.6) is 0 Å². The first-order valence-electron chi connectivity index (χ1n) is 6.06. The Kier molecular flexibility index (Phi) is 5.54. The van der Waals surface area contributed by atoms with Crippen molar-refractivity contribution in [3.8, 4) is 0 Å². The molecule has 0 fully saturated rings. The minimum absolute atomic E-state index is 0.0196. The van der Waals surface area contributed by atoms with Gasteiger partial charge in [-0.15, -0.1) is 0 Å². The fourth-order valence-electron chi connectivity index (χ4n) is 1.63. The monoisotopic (exact) mass is 327 g/mol. The number of hydrogen-bond donors (Lipinski definition) is 2. The van der Waals surface area contributed by atoms with Crippen LogP contribution in [0, 0.1) is 0 Å². The van der Waals surface area contributed by atoms with Gasteiger partial charge in [0.25, 0.3) is 0 Å². The van der Waals surface area contributed by atoms with Crippen molar-refractivity contribution in [2.24, 2.45) is 0 Å². The first-order chi connectivity index (χ1) is 8.81. The molecule has 0 aliphatic heterocycles. The van der Waals surface area contributed by atoms with Crippen molar-refractivity contribution in [1.29, 1.82) is 0 Å². The predicted octanol–water partition coefficient (Wildman–Crippen LogP) is 2.71. The van der Waals surface area contributed by atoms with E-state index in [9.17, 15) is 9.59 Å². The number of carbonyl (C=O) groups is 2. The molecular weight excluding hydrogens is 310 g/mol. The number of carboxylic acid groups (broad SMARTS) is 1. The van der Waals surface area contributed by atoms with E-state index in [1.165, 1.54) is 0 Å². The second kappa shape index (κ2) is 6.70. The highest BCUT2D eigenvalue weighted by atomic mass is 79.9. The summed E-state index contributed by atoms with van der Waals surface area (Å²) in [7, 11) is 0. The number of benzene rings is 1. The molecule has 1 amide bonds. The molecule has 19 heavy (non-hydrogen) atoms. The molecule has 0 radical (unpaired) electrons. The van der Waals surface area contributed by atoms with Crippen LogP contribution in [0.3, 0.4) is 0 Å². The molecule has 0 aliphatic carbocycles. The number of carbonyl (C=O) groups excluding carboxylic acids is 1. The van der Waals surface area contributed by atoms with Crippen molar-refractivity contribution in [2.45, 2.75) is 32.1 Å². The van der Waals surface area contributed by atoms with Gasteiger partial charge in [-0.2, -0.15) is 0 Å². The summed E-state index contributed by atoms with van der Waals surface area (Å²) in [6, 6.07) is 7.94. The van der Waals surface area contributed by atoms with E-state index in [2.05, 4.69) is 21.2 Å². The molecule has 0 unspecified atom stereocenters. The van der Waals surface area contributed by atoms with Crippen LogP contribution in [0.1, 0.15) is 32.3 Å². The first-order valence-corrected chi connectivity index (χ1v) is 6.85. The van der Waals surface area contributed by atoms with E-state index in [4.69, 9.17) is 5.11 Å². The van der Waals surface area contributed by atoms with Gasteiger partial charge in [-0.25, -0.2) is 0 Å². The third-order valence-electron chi connectivity index (χ3n) is 2.92. The number of halogens is 1. The summed E-state index contributed by atoms with van der Waals surface area (Å²) in [6.45, 7) is 4.55. The van der Waals surface area contributed by atoms with Gasteiger partial charge in [0.05, 0.1) is 6.42 Å². The highest BCUT2D eigenvalue weighted by molar-refractivity contribution is 9.10. The van der Waals surface area contributed by atoms with Crippen LogP contribution in [-0.4, -0.2) is 23.5 Å². The highest BCUT2D eigenvalue weighted by Gasteiger charge is 2.21. The maximum Gasteiger partial charge on any atom is 0.303 e. The van der Waals surface area contributed by atoms with Gasteiger partial charge >= 0.3 is 5.97 Å². The molecule has 2 N–H and O–H groups in total. The van der Waals surface area contributed by atoms with Crippen molar-refractivity contribution in [3.63, 3.8) is 0 Å². The molecule has 0 spiro atoms. The summed E-state index contributed by atoms with van der Waals surface area (Å²) >= 11 is 3.38. The summed E-state index contributed by atoms with van der Waals surface area (Å²) < 4.78 is 1.01. The molecule has 4 nitrogen and oxygen atoms in total. The molecule has 0 atom stereocenters. The van der Waals surface area contributed by atoms with Crippen LogP contribution in [-0.2, 0) is 15.0 Å². The third-order valence-corrected chi connectivity index (χ3v) is 3.45. The number of hydrogen-bond acceptors (Lipinski definition) is 2. The van der Waals surface area contributed by atoms with Gasteiger partial charge in [0.15, 0.2) is 0 Å². The minimum atomic E-state index is -0.956. The fourth-order valence-corrected chi connectivity index (χ4v) is 1.90. The van der Waals surface area contributed by atoms with E-state index in [1.54, 1.807) is 0 Å². The smallest absolute Gasteiger partial charge is 0.303 e. The number of aliphatic carboxylic acids is 1. The van der Waals surface area contributed by atoms with Gasteiger partial charge in [-0.3, -0.25) is 9.59 Å². The molecular formula is C14H18BrNO3. The lowest BCUT2D eigenvalue weighted by Gasteiger charge is -2.25. The molecule has 0 heterocycles. The Balaban J connectivity index is 2.53. The summed E-state index contributed by atoms with van der Waals surface area (Å²) in [5.41, 5.74) is 0.925. The van der Waals surface area contributed by atoms with Crippen LogP contribution in [0.2, 0.25) is 0 Å². The summed E-state index contributed by atoms with van der Waals surface area (Å²) in [6.07, 6.45) is -0.115. The van der Waals surface area contributed by atoms with Crippen LogP contribution < -0.4 is 5.32 Å². The van der Waals surface area contributed by atoms with E-state index >= 15 is 0 Å². The Morgan fingerprint density at radius 3 is 2.32 bits per heavy atom. The quantitative estimate of drug-likeness (QED) is 0.844. The maximum absolute atomic E-state index is 11.5. The minimum Gasteiger partial charge on any atom is -0.481 e. The van der Waals surface area contributed by atoms with Gasteiger partial charge in [0.1, 0.15) is 0 Å². The van der Waals surface area contributed by atoms with Crippen LogP contribution in [0.15, 0.2) is 28.7 Å². The number of nitrogens with one attached hydrogen (secondary N) is 1. The SMILES string of the molecule is CC(C)(CNC(=O)CCC(=O)O)c1ccc(Br)cc1. The molecule has 0 saturated carbocycles. The summed E-state index contributed by atoms with van der Waals surface area (Å²) in [5, 5.41) is 11.3. The molecule has 1 rings (SSSR count). The van der Waals surface area contributed by atoms with E-state index in [-0.39, 0.29) is 24.2 Å². The zero-order valence-corrected chi connectivity index (χ0v) is 12.7. The molecule has 5 heteroatoms. The average molecular weight is 328 g/mol. The Morgan fingerprint density at radius 2 is 1.79 bits per heavy atom. The zero-order valence-electron chi connectivity index (χ0n) is 11.1. The van der Waals surface area contributed by atoms with Crippen molar-refractivity contribution in [2.75, 3.05) is 6.54 Å². The molecule has 1 aromatic carbocycles. The molecule has 0 bridgehead atoms. The highest BCUT2D eigenvalue weighted by Crippen LogP contribution is 2.24. The van der Waals surface area contributed by atoms with Crippen LogP contribution >= 0.6 is 15.9 Å². The first kappa shape index (κ1) is 15.7. The van der Waals surface area contributed by atoms with Crippen molar-refractivity contribution < 1.29 is 14.7 Å². The normalized spacial score (nSPS) is 11.1. The number of amides is 1. The largest absolute Gasteiger partial charge is 0.481 e. The zero-order chi connectivity index (χ0) is 14.5. The van der Waals surface area contributed by atoms with Gasteiger partial charge in [-0.1, -0.05) is 41.9 Å². The lowest BCUT2D eigenvalue weighted by atomic mass is 9.84. The summed E-state index contributed by atoms with van der Waals surface area (Å²) in [4.78, 5) is 21.9. The van der Waals surface area contributed by atoms with E-state index in [0.29, 0.717) is 6.54 Å². The lowest BCUT2D eigenvalue weighted by molar-refractivity contribution is -0.138. The molecule has 0 aromatic heterocycles. The lowest BCUT2D eigenvalue weighted by Crippen LogP contribution is -2.36. The number of carboxylic acids is 1. The second-order valence-electron chi connectivity index (χ2n) is 5.06. The molecule has 0 saturated heterocycles. The van der Waals surface area contributed by atoms with Crippen LogP contribution in [0.25, 0.3) is 0 Å². The van der Waals surface area contributed by atoms with Gasteiger partial charge in [0.2, 0.25) is 5.91 Å². The maximum atomic E-state index is 11.5. The van der Waals surface area contributed by atoms with Gasteiger partial charge < -0.3 is 10.4 Å². The van der Waals surface area contributed by atoms with E-state index < -0.39 is 5.97 Å². The van der Waals surface area contributed by atoms with E-state index in [0.717, 1.165) is 10.0 Å². The Labute approximate surface area is 121 Å². The average Bonchev–Trinajstić information content (AvgIpc) is 2.34.